The lowest BCUT2D eigenvalue weighted by molar-refractivity contribution is -0.745. The molecule has 0 spiro atoms. The summed E-state index contributed by atoms with van der Waals surface area (Å²) in [6, 6.07) is 0.929. The van der Waals surface area contributed by atoms with E-state index in [1.54, 1.807) is 6.92 Å². The van der Waals surface area contributed by atoms with Gasteiger partial charge in [0.1, 0.15) is 54.1 Å². The Bertz CT molecular complexity index is 3280. The van der Waals surface area contributed by atoms with Gasteiger partial charge in [-0.05, 0) is 6.92 Å². The molecule has 414 valence electrons. The Kier molecular flexibility index (Phi) is 16.6. The molecule has 3 aliphatic rings. The van der Waals surface area contributed by atoms with Gasteiger partial charge >= 0.3 is 42.4 Å². The highest BCUT2D eigenvalue weighted by molar-refractivity contribution is 7.66. The van der Waals surface area contributed by atoms with E-state index in [4.69, 9.17) is 43.0 Å². The molecule has 16 atom stereocenters. The van der Waals surface area contributed by atoms with Crippen LogP contribution >= 0.6 is 31.1 Å². The van der Waals surface area contributed by atoms with Gasteiger partial charge in [-0.25, -0.2) is 38.0 Å². The monoisotopic (exact) mass is 1150 g/mol. The first-order valence-corrected chi connectivity index (χ1v) is 28.1. The summed E-state index contributed by atoms with van der Waals surface area (Å²) in [6.45, 7) is -1.32. The number of fused-ring (bicyclic) bond motifs is 2. The second kappa shape index (κ2) is 22.0. The maximum Gasteiger partial charge on any atom is 0.490 e. The van der Waals surface area contributed by atoms with Crippen molar-refractivity contribution in [2.75, 3.05) is 58.2 Å². The number of aliphatic hydroxyl groups is 3. The Morgan fingerprint density at radius 1 is 0.813 bits per heavy atom. The van der Waals surface area contributed by atoms with Crippen molar-refractivity contribution in [2.45, 2.75) is 74.0 Å². The number of hydrogen-bond acceptors (Lipinski definition) is 26. The van der Waals surface area contributed by atoms with Gasteiger partial charge in [0.2, 0.25) is 11.7 Å². The van der Waals surface area contributed by atoms with Crippen LogP contribution in [-0.4, -0.2) is 174 Å². The van der Waals surface area contributed by atoms with Crippen molar-refractivity contribution in [3.63, 3.8) is 0 Å². The zero-order valence-electron chi connectivity index (χ0n) is 39.4. The van der Waals surface area contributed by atoms with Gasteiger partial charge in [0, 0.05) is 38.9 Å². The molecule has 40 heteroatoms. The van der Waals surface area contributed by atoms with Crippen LogP contribution in [0, 0.1) is 5.92 Å². The van der Waals surface area contributed by atoms with E-state index >= 15 is 0 Å². The molecular weight excluding hydrogens is 1100 g/mol. The van der Waals surface area contributed by atoms with Gasteiger partial charge in [0.25, 0.3) is 17.1 Å². The van der Waals surface area contributed by atoms with Crippen LogP contribution in [0.2, 0.25) is 0 Å². The van der Waals surface area contributed by atoms with E-state index in [-0.39, 0.29) is 40.7 Å². The Morgan fingerprint density at radius 3 is 2.13 bits per heavy atom. The fourth-order valence-corrected chi connectivity index (χ4v) is 14.0. The number of hydrogen-bond donors (Lipinski definition) is 11. The molecular formula is C35H51N12O24P4+. The van der Waals surface area contributed by atoms with Crippen LogP contribution in [-0.2, 0) is 71.2 Å². The second-order valence-corrected chi connectivity index (χ2v) is 23.5. The van der Waals surface area contributed by atoms with Crippen molar-refractivity contribution in [2.24, 2.45) is 13.0 Å². The largest absolute Gasteiger partial charge is 0.490 e. The number of ether oxygens (including phenoxy) is 5. The zero-order chi connectivity index (χ0) is 54.5. The topological polar surface area (TPSA) is 493 Å². The number of aromatic nitrogens is 10. The molecule has 8 heterocycles. The quantitative estimate of drug-likeness (QED) is 0.0242. The Balaban J connectivity index is 0.956. The van der Waals surface area contributed by atoms with E-state index in [1.807, 2.05) is 4.98 Å². The van der Waals surface area contributed by atoms with Crippen LogP contribution in [0.15, 0.2) is 45.6 Å². The van der Waals surface area contributed by atoms with E-state index in [1.165, 1.54) is 34.2 Å². The molecule has 0 saturated carbocycles. The third-order valence-corrected chi connectivity index (χ3v) is 18.1. The number of aliphatic hydroxyl groups excluding tert-OH is 3. The summed E-state index contributed by atoms with van der Waals surface area (Å²) >= 11 is 0. The number of nitrogen functional groups attached to an aromatic ring is 1. The molecule has 12 N–H and O–H groups in total. The number of anilines is 2. The maximum atomic E-state index is 14.3. The van der Waals surface area contributed by atoms with Gasteiger partial charge in [-0.1, -0.05) is 4.98 Å². The Morgan fingerprint density at radius 2 is 1.48 bits per heavy atom. The summed E-state index contributed by atoms with van der Waals surface area (Å²) in [5.41, 5.74) is 1.82. The highest BCUT2D eigenvalue weighted by Crippen LogP contribution is 2.68. The van der Waals surface area contributed by atoms with Crippen molar-refractivity contribution in [3.8, 4) is 0 Å². The average molecular weight is 1150 g/mol. The molecule has 75 heavy (non-hydrogen) atoms. The number of aromatic amines is 2. The maximum absolute atomic E-state index is 14.3. The molecule has 0 aliphatic carbocycles. The van der Waals surface area contributed by atoms with Gasteiger partial charge in [0.05, 0.1) is 45.9 Å². The lowest BCUT2D eigenvalue weighted by Gasteiger charge is -2.28. The van der Waals surface area contributed by atoms with Gasteiger partial charge < -0.3 is 74.2 Å². The van der Waals surface area contributed by atoms with E-state index in [0.29, 0.717) is 6.54 Å². The third kappa shape index (κ3) is 11.8. The SMILES string of the molecule is CCNc1nc2c(c(=O)[nH]1)n(C)c[n+]2[C@@H]1O[C@H](COP(=O)(O)OP(=O)(O)OP(=O)(O)OC[C@H]2O[C@@H](n3cnc4c(N)ncnc43)[C@H](OC)[C@@H]2P(=O)(O)OC[C@H]2O[C@@H](n3ccc(=O)[nH]c3=O)[C@H](O)[C@@H]2O)[C@@H](COC)[C@H]1O. The van der Waals surface area contributed by atoms with Crippen molar-refractivity contribution < 1.29 is 104 Å². The summed E-state index contributed by atoms with van der Waals surface area (Å²) < 4.78 is 111. The Hall–Kier alpha value is -4.58. The van der Waals surface area contributed by atoms with Crippen LogP contribution in [0.25, 0.3) is 22.3 Å². The van der Waals surface area contributed by atoms with Crippen LogP contribution in [0.3, 0.4) is 0 Å². The van der Waals surface area contributed by atoms with Gasteiger partial charge in [0.15, 0.2) is 30.2 Å². The van der Waals surface area contributed by atoms with Gasteiger partial charge in [-0.2, -0.15) is 8.62 Å². The number of H-pyrrole nitrogens is 2. The molecule has 4 unspecified atom stereocenters. The molecule has 3 fully saturated rings. The number of nitrogens with one attached hydrogen (secondary N) is 3. The van der Waals surface area contributed by atoms with Gasteiger partial charge in [-0.15, -0.1) is 0 Å². The molecule has 0 aromatic carbocycles. The smallest absolute Gasteiger partial charge is 0.387 e. The fraction of sp³-hybridized carbons (Fsp3) is 0.600. The summed E-state index contributed by atoms with van der Waals surface area (Å²) in [6.07, 6.45) is -11.5. The number of rotatable bonds is 22. The number of phosphoric acid groups is 3. The van der Waals surface area contributed by atoms with Crippen molar-refractivity contribution in [3.05, 3.63) is 62.4 Å². The number of nitrogens with two attached hydrogens (primary N) is 1. The minimum absolute atomic E-state index is 0.00377. The third-order valence-electron chi connectivity index (χ3n) is 12.0. The van der Waals surface area contributed by atoms with E-state index < -0.39 is 141 Å². The molecule has 5 aromatic rings. The molecule has 36 nitrogen and oxygen atoms in total. The van der Waals surface area contributed by atoms with Gasteiger partial charge in [-0.3, -0.25) is 46.9 Å². The lowest BCUT2D eigenvalue weighted by atomic mass is 9.99. The van der Waals surface area contributed by atoms with Crippen molar-refractivity contribution in [1.29, 1.82) is 0 Å². The Labute approximate surface area is 419 Å². The van der Waals surface area contributed by atoms with Crippen LogP contribution in [0.4, 0.5) is 11.8 Å². The zero-order valence-corrected chi connectivity index (χ0v) is 42.9. The van der Waals surface area contributed by atoms with Crippen LogP contribution in [0.5, 0.6) is 0 Å². The van der Waals surface area contributed by atoms with E-state index in [9.17, 15) is 67.5 Å². The molecule has 0 radical (unpaired) electrons. The highest BCUT2D eigenvalue weighted by Gasteiger charge is 2.58. The first-order valence-electron chi connectivity index (χ1n) is 22.0. The highest BCUT2D eigenvalue weighted by atomic mass is 31.3. The standard InChI is InChI=1S/C35H50N12O24P4/c1-5-37-34-42-29-21(30(52)43-34)44(2)14-47(29)31-22(49)15(8-62-3)16(67-31)9-65-73(56,57)70-75(60,61)71-74(58,59)66-11-18-26(25(63-4)33(69-18)46-13-40-20-27(36)38-12-39-28(20)46)72(54,55)64-10-17-23(50)24(51)32(68-17)45-7-6-19(48)41-35(45)53/h6-7,12-18,22-26,31-33,49-51H,5,8-11H2,1-4H3,(H8-,36,37,38,39,41,42,43,48,52,53,54,55,56,57,58,59,60,61)/p+1/t15-,16-,17-,18-,22-,23-,24-,25-,26-,31-,32-,33-/m1/s1. The minimum Gasteiger partial charge on any atom is -0.387 e. The lowest BCUT2D eigenvalue weighted by Crippen LogP contribution is -2.45. The van der Waals surface area contributed by atoms with Crippen LogP contribution in [0.1, 0.15) is 25.6 Å². The van der Waals surface area contributed by atoms with Crippen molar-refractivity contribution in [1.82, 2.24) is 43.6 Å². The second-order valence-electron chi connectivity index (χ2n) is 16.8. The number of nitrogens with zero attached hydrogens (tertiary/aromatic N) is 8. The number of imidazole rings is 2. The van der Waals surface area contributed by atoms with Crippen molar-refractivity contribution >= 4 is 65.2 Å². The summed E-state index contributed by atoms with van der Waals surface area (Å²) in [5.74, 6) is -1.01. The first-order chi connectivity index (χ1) is 35.3. The average Bonchev–Trinajstić information content (AvgIpc) is 4.13. The number of methoxy groups -OCH3 is 2. The minimum atomic E-state index is -6.19. The predicted molar refractivity (Wildman–Crippen MR) is 246 cm³/mol. The summed E-state index contributed by atoms with van der Waals surface area (Å²) in [4.78, 5) is 101. The fourth-order valence-electron chi connectivity index (χ4n) is 8.71. The number of aryl methyl sites for hydroxylation is 1. The predicted octanol–water partition coefficient (Wildman–Crippen LogP) is -3.06. The molecule has 3 aliphatic heterocycles. The molecule has 0 amide bonds. The van der Waals surface area contributed by atoms with E-state index in [2.05, 4.69) is 38.9 Å². The number of phosphoric ester groups is 2. The molecule has 3 saturated heterocycles. The van der Waals surface area contributed by atoms with E-state index in [0.717, 1.165) is 36.6 Å². The summed E-state index contributed by atoms with van der Waals surface area (Å²) in [7, 11) is -19.4. The summed E-state index contributed by atoms with van der Waals surface area (Å²) in [5, 5.41) is 35.7. The van der Waals surface area contributed by atoms with Crippen LogP contribution < -0.4 is 32.4 Å². The first kappa shape index (κ1) is 56.6. The molecule has 5 aromatic heterocycles. The normalized spacial score (nSPS) is 30.3. The molecule has 8 rings (SSSR count). The molecule has 0 bridgehead atoms.